The van der Waals surface area contributed by atoms with E-state index < -0.39 is 0 Å². The molecule has 122 valence electrons. The van der Waals surface area contributed by atoms with Gasteiger partial charge < -0.3 is 14.8 Å². The fourth-order valence-corrected chi connectivity index (χ4v) is 2.34. The summed E-state index contributed by atoms with van der Waals surface area (Å²) in [7, 11) is 1.59. The van der Waals surface area contributed by atoms with Gasteiger partial charge in [0, 0.05) is 0 Å². The van der Waals surface area contributed by atoms with Gasteiger partial charge in [-0.2, -0.15) is 5.10 Å². The first-order valence-electron chi connectivity index (χ1n) is 7.06. The van der Waals surface area contributed by atoms with Crippen LogP contribution >= 0.6 is 11.8 Å². The standard InChI is InChI=1S/C16H19N3O3S/c1-11(2)6-7-22-13-5-4-12(8-14(13)21-3)9-17-19-16-18-15(20)10-23-16/h4-6,8-9H,7,10H2,1-3H3,(H,18,19,20). The number of amidine groups is 1. The summed E-state index contributed by atoms with van der Waals surface area (Å²) < 4.78 is 11.0. The molecule has 1 aliphatic rings. The molecule has 1 aromatic carbocycles. The highest BCUT2D eigenvalue weighted by molar-refractivity contribution is 8.15. The predicted molar refractivity (Wildman–Crippen MR) is 93.5 cm³/mol. The minimum Gasteiger partial charge on any atom is -0.493 e. The molecule has 0 bridgehead atoms. The van der Waals surface area contributed by atoms with E-state index >= 15 is 0 Å². The van der Waals surface area contributed by atoms with Gasteiger partial charge in [-0.05, 0) is 43.7 Å². The third-order valence-corrected chi connectivity index (χ3v) is 3.72. The summed E-state index contributed by atoms with van der Waals surface area (Å²) in [5.41, 5.74) is 2.03. The molecule has 0 aromatic heterocycles. The molecule has 1 N–H and O–H groups in total. The normalized spacial score (nSPS) is 15.8. The van der Waals surface area contributed by atoms with Crippen molar-refractivity contribution in [2.45, 2.75) is 13.8 Å². The molecule has 1 heterocycles. The van der Waals surface area contributed by atoms with Crippen LogP contribution in [0.5, 0.6) is 11.5 Å². The van der Waals surface area contributed by atoms with Gasteiger partial charge >= 0.3 is 0 Å². The Balaban J connectivity index is 2.03. The molecule has 6 nitrogen and oxygen atoms in total. The molecule has 23 heavy (non-hydrogen) atoms. The highest BCUT2D eigenvalue weighted by Crippen LogP contribution is 2.27. The van der Waals surface area contributed by atoms with Crippen molar-refractivity contribution in [1.82, 2.24) is 5.32 Å². The molecule has 0 atom stereocenters. The number of amides is 1. The number of carbonyl (C=O) groups is 1. The molecule has 1 aromatic rings. The van der Waals surface area contributed by atoms with Crippen LogP contribution in [-0.4, -0.2) is 36.8 Å². The quantitative estimate of drug-likeness (QED) is 0.493. The SMILES string of the molecule is COc1cc(C=NN=C2NC(=O)CS2)ccc1OCC=C(C)C. The monoisotopic (exact) mass is 333 g/mol. The number of ether oxygens (including phenoxy) is 2. The van der Waals surface area contributed by atoms with Crippen LogP contribution in [0.4, 0.5) is 0 Å². The second kappa shape index (κ2) is 8.38. The van der Waals surface area contributed by atoms with E-state index in [0.717, 1.165) is 5.56 Å². The van der Waals surface area contributed by atoms with Crippen LogP contribution < -0.4 is 14.8 Å². The van der Waals surface area contributed by atoms with Gasteiger partial charge in [-0.3, -0.25) is 4.79 Å². The predicted octanol–water partition coefficient (Wildman–Crippen LogP) is 2.59. The number of carbonyl (C=O) groups excluding carboxylic acids is 1. The van der Waals surface area contributed by atoms with Crippen LogP contribution in [0.3, 0.4) is 0 Å². The lowest BCUT2D eigenvalue weighted by molar-refractivity contribution is -0.116. The van der Waals surface area contributed by atoms with Crippen molar-refractivity contribution in [1.29, 1.82) is 0 Å². The summed E-state index contributed by atoms with van der Waals surface area (Å²) in [5.74, 6) is 1.64. The Morgan fingerprint density at radius 1 is 1.39 bits per heavy atom. The van der Waals surface area contributed by atoms with Crippen molar-refractivity contribution in [3.63, 3.8) is 0 Å². The maximum absolute atomic E-state index is 11.0. The van der Waals surface area contributed by atoms with Crippen LogP contribution in [0, 0.1) is 0 Å². The smallest absolute Gasteiger partial charge is 0.236 e. The van der Waals surface area contributed by atoms with Gasteiger partial charge in [-0.25, -0.2) is 0 Å². The first-order chi connectivity index (χ1) is 11.1. The number of hydrogen-bond donors (Lipinski definition) is 1. The zero-order valence-corrected chi connectivity index (χ0v) is 14.1. The van der Waals surface area contributed by atoms with Gasteiger partial charge in [0.15, 0.2) is 16.7 Å². The van der Waals surface area contributed by atoms with Gasteiger partial charge in [-0.15, -0.1) is 5.10 Å². The van der Waals surface area contributed by atoms with Crippen molar-refractivity contribution in [2.24, 2.45) is 10.2 Å². The van der Waals surface area contributed by atoms with Crippen LogP contribution in [0.2, 0.25) is 0 Å². The third-order valence-electron chi connectivity index (χ3n) is 2.86. The molecule has 2 rings (SSSR count). The van der Waals surface area contributed by atoms with Crippen molar-refractivity contribution in [3.05, 3.63) is 35.4 Å². The summed E-state index contributed by atoms with van der Waals surface area (Å²) in [6.45, 7) is 4.54. The highest BCUT2D eigenvalue weighted by atomic mass is 32.2. The van der Waals surface area contributed by atoms with Crippen LogP contribution in [0.25, 0.3) is 0 Å². The third kappa shape index (κ3) is 5.45. The largest absolute Gasteiger partial charge is 0.493 e. The molecule has 0 aliphatic carbocycles. The van der Waals surface area contributed by atoms with E-state index in [1.165, 1.54) is 17.3 Å². The molecule has 1 saturated heterocycles. The lowest BCUT2D eigenvalue weighted by atomic mass is 10.2. The molecule has 0 saturated carbocycles. The summed E-state index contributed by atoms with van der Waals surface area (Å²) in [4.78, 5) is 11.0. The zero-order valence-electron chi connectivity index (χ0n) is 13.3. The Kier molecular flexibility index (Phi) is 6.22. The maximum atomic E-state index is 11.0. The van der Waals surface area contributed by atoms with E-state index in [4.69, 9.17) is 9.47 Å². The summed E-state index contributed by atoms with van der Waals surface area (Å²) in [6, 6.07) is 5.52. The number of thioether (sulfide) groups is 1. The minimum absolute atomic E-state index is 0.0523. The minimum atomic E-state index is -0.0523. The van der Waals surface area contributed by atoms with Crippen molar-refractivity contribution < 1.29 is 14.3 Å². The summed E-state index contributed by atoms with van der Waals surface area (Å²) in [5, 5.41) is 11.1. The summed E-state index contributed by atoms with van der Waals surface area (Å²) in [6.07, 6.45) is 3.60. The van der Waals surface area contributed by atoms with Crippen LogP contribution in [0.1, 0.15) is 19.4 Å². The lowest BCUT2D eigenvalue weighted by Crippen LogP contribution is -2.19. The Hall–Kier alpha value is -2.28. The number of nitrogens with one attached hydrogen (secondary N) is 1. The van der Waals surface area contributed by atoms with Gasteiger partial charge in [0.25, 0.3) is 0 Å². The van der Waals surface area contributed by atoms with E-state index in [-0.39, 0.29) is 5.91 Å². The first kappa shape index (κ1) is 17.1. The average Bonchev–Trinajstić information content (AvgIpc) is 2.93. The maximum Gasteiger partial charge on any atom is 0.236 e. The number of allylic oxidation sites excluding steroid dienone is 1. The molecule has 1 amide bonds. The van der Waals surface area contributed by atoms with Gasteiger partial charge in [0.05, 0.1) is 19.1 Å². The highest BCUT2D eigenvalue weighted by Gasteiger charge is 2.15. The second-order valence-corrected chi connectivity index (χ2v) is 5.95. The molecule has 0 spiro atoms. The van der Waals surface area contributed by atoms with Gasteiger partial charge in [0.2, 0.25) is 5.91 Å². The van der Waals surface area contributed by atoms with Crippen LogP contribution in [0.15, 0.2) is 40.1 Å². The van der Waals surface area contributed by atoms with Crippen LogP contribution in [-0.2, 0) is 4.79 Å². The zero-order chi connectivity index (χ0) is 16.7. The Morgan fingerprint density at radius 3 is 2.87 bits per heavy atom. The van der Waals surface area contributed by atoms with Gasteiger partial charge in [-0.1, -0.05) is 17.3 Å². The Bertz CT molecular complexity index is 665. The Labute approximate surface area is 139 Å². The van der Waals surface area contributed by atoms with E-state index in [1.807, 2.05) is 38.1 Å². The van der Waals surface area contributed by atoms with E-state index in [9.17, 15) is 4.79 Å². The van der Waals surface area contributed by atoms with Crippen molar-refractivity contribution >= 4 is 29.1 Å². The number of methoxy groups -OCH3 is 1. The molecule has 0 radical (unpaired) electrons. The summed E-state index contributed by atoms with van der Waals surface area (Å²) >= 11 is 1.33. The number of benzene rings is 1. The fraction of sp³-hybridized carbons (Fsp3) is 0.312. The Morgan fingerprint density at radius 2 is 2.22 bits per heavy atom. The average molecular weight is 333 g/mol. The number of nitrogens with zero attached hydrogens (tertiary/aromatic N) is 2. The molecule has 1 fully saturated rings. The first-order valence-corrected chi connectivity index (χ1v) is 8.05. The van der Waals surface area contributed by atoms with E-state index in [1.54, 1.807) is 13.3 Å². The molecule has 0 unspecified atom stereocenters. The number of rotatable bonds is 6. The van der Waals surface area contributed by atoms with E-state index in [2.05, 4.69) is 15.5 Å². The molecule has 7 heteroatoms. The fourth-order valence-electron chi connectivity index (χ4n) is 1.71. The molecular formula is C16H19N3O3S. The topological polar surface area (TPSA) is 72.3 Å². The van der Waals surface area contributed by atoms with Gasteiger partial charge in [0.1, 0.15) is 6.61 Å². The molecular weight excluding hydrogens is 314 g/mol. The second-order valence-electron chi connectivity index (χ2n) is 4.99. The number of hydrogen-bond acceptors (Lipinski definition) is 6. The van der Waals surface area contributed by atoms with Crippen molar-refractivity contribution in [3.8, 4) is 11.5 Å². The molecule has 1 aliphatic heterocycles. The lowest BCUT2D eigenvalue weighted by Gasteiger charge is -2.09. The van der Waals surface area contributed by atoms with E-state index in [0.29, 0.717) is 29.0 Å². The van der Waals surface area contributed by atoms with Crippen molar-refractivity contribution in [2.75, 3.05) is 19.5 Å².